The molecule has 0 saturated heterocycles. The molecule has 0 spiro atoms. The summed E-state index contributed by atoms with van der Waals surface area (Å²) in [5.41, 5.74) is 0. The first-order valence-electron chi connectivity index (χ1n) is 4.39. The summed E-state index contributed by atoms with van der Waals surface area (Å²) >= 11 is 0. The number of aliphatic hydroxyl groups is 1. The van der Waals surface area contributed by atoms with E-state index in [1.807, 2.05) is 13.8 Å². The SMILES string of the molecule is CCC(CC)N(O)C[C@@H](O)C(=O)O. The van der Waals surface area contributed by atoms with E-state index in [9.17, 15) is 10.0 Å². The first kappa shape index (κ1) is 12.3. The molecule has 3 N–H and O–H groups in total. The molecule has 78 valence electrons. The van der Waals surface area contributed by atoms with Crippen LogP contribution in [0.15, 0.2) is 0 Å². The molecule has 0 rings (SSSR count). The second-order valence-corrected chi connectivity index (χ2v) is 2.95. The summed E-state index contributed by atoms with van der Waals surface area (Å²) in [6, 6.07) is -0.0889. The van der Waals surface area contributed by atoms with Gasteiger partial charge >= 0.3 is 5.97 Å². The van der Waals surface area contributed by atoms with Gasteiger partial charge in [-0.15, -0.1) is 0 Å². The molecule has 0 radical (unpaired) electrons. The van der Waals surface area contributed by atoms with Gasteiger partial charge in [0.2, 0.25) is 0 Å². The van der Waals surface area contributed by atoms with Gasteiger partial charge in [0, 0.05) is 6.04 Å². The Balaban J connectivity index is 3.96. The smallest absolute Gasteiger partial charge is 0.333 e. The van der Waals surface area contributed by atoms with Gasteiger partial charge in [0.15, 0.2) is 6.10 Å². The Morgan fingerprint density at radius 2 is 1.85 bits per heavy atom. The average molecular weight is 191 g/mol. The highest BCUT2D eigenvalue weighted by atomic mass is 16.5. The molecule has 0 amide bonds. The Morgan fingerprint density at radius 1 is 1.38 bits per heavy atom. The van der Waals surface area contributed by atoms with Gasteiger partial charge in [0.25, 0.3) is 0 Å². The summed E-state index contributed by atoms with van der Waals surface area (Å²) in [6.07, 6.45) is -0.0795. The van der Waals surface area contributed by atoms with Crippen molar-refractivity contribution >= 4 is 5.97 Å². The standard InChI is InChI=1S/C8H17NO4/c1-3-6(4-2)9(13)5-7(10)8(11)12/h6-7,10,13H,3-5H2,1-2H3,(H,11,12)/t7-/m1/s1. The third-order valence-electron chi connectivity index (χ3n) is 2.01. The minimum Gasteiger partial charge on any atom is -0.479 e. The van der Waals surface area contributed by atoms with E-state index < -0.39 is 12.1 Å². The summed E-state index contributed by atoms with van der Waals surface area (Å²) in [7, 11) is 0. The molecule has 0 aliphatic rings. The van der Waals surface area contributed by atoms with Crippen LogP contribution < -0.4 is 0 Å². The Morgan fingerprint density at radius 3 is 2.15 bits per heavy atom. The lowest BCUT2D eigenvalue weighted by molar-refractivity contribution is -0.168. The van der Waals surface area contributed by atoms with Gasteiger partial charge in [-0.05, 0) is 12.8 Å². The summed E-state index contributed by atoms with van der Waals surface area (Å²) in [5, 5.41) is 27.5. The number of hydrogen-bond donors (Lipinski definition) is 3. The molecule has 0 aromatic heterocycles. The van der Waals surface area contributed by atoms with E-state index in [0.29, 0.717) is 0 Å². The van der Waals surface area contributed by atoms with Crippen LogP contribution in [0.5, 0.6) is 0 Å². The first-order valence-corrected chi connectivity index (χ1v) is 4.39. The summed E-state index contributed by atoms with van der Waals surface area (Å²) < 4.78 is 0. The average Bonchev–Trinajstić information content (AvgIpc) is 2.06. The number of nitrogens with zero attached hydrogens (tertiary/aromatic N) is 1. The van der Waals surface area contributed by atoms with Gasteiger partial charge in [-0.25, -0.2) is 4.79 Å². The molecule has 0 fully saturated rings. The summed E-state index contributed by atoms with van der Waals surface area (Å²) in [4.78, 5) is 10.2. The van der Waals surface area contributed by atoms with Crippen LogP contribution in [0.3, 0.4) is 0 Å². The maximum Gasteiger partial charge on any atom is 0.333 e. The Hall–Kier alpha value is -0.650. The minimum absolute atomic E-state index is 0.0889. The van der Waals surface area contributed by atoms with Crippen LogP contribution in [0.2, 0.25) is 0 Å². The molecule has 0 bridgehead atoms. The van der Waals surface area contributed by atoms with Gasteiger partial charge in [0.1, 0.15) is 0 Å². The van der Waals surface area contributed by atoms with Crippen LogP contribution >= 0.6 is 0 Å². The van der Waals surface area contributed by atoms with E-state index in [1.54, 1.807) is 0 Å². The topological polar surface area (TPSA) is 81.0 Å². The van der Waals surface area contributed by atoms with E-state index in [1.165, 1.54) is 0 Å². The van der Waals surface area contributed by atoms with E-state index >= 15 is 0 Å². The van der Waals surface area contributed by atoms with Crippen molar-refractivity contribution in [1.82, 2.24) is 5.06 Å². The number of rotatable bonds is 6. The zero-order valence-electron chi connectivity index (χ0n) is 7.97. The lowest BCUT2D eigenvalue weighted by Gasteiger charge is -2.24. The minimum atomic E-state index is -1.52. The number of carbonyl (C=O) groups is 1. The van der Waals surface area contributed by atoms with Crippen LogP contribution in [0, 0.1) is 0 Å². The predicted molar refractivity (Wildman–Crippen MR) is 46.5 cm³/mol. The van der Waals surface area contributed by atoms with Crippen LogP contribution in [0.25, 0.3) is 0 Å². The molecule has 13 heavy (non-hydrogen) atoms. The number of hydrogen-bond acceptors (Lipinski definition) is 4. The number of carboxylic acid groups (broad SMARTS) is 1. The fourth-order valence-corrected chi connectivity index (χ4v) is 1.11. The monoisotopic (exact) mass is 191 g/mol. The highest BCUT2D eigenvalue weighted by Crippen LogP contribution is 2.06. The number of carboxylic acids is 1. The molecule has 0 heterocycles. The lowest BCUT2D eigenvalue weighted by Crippen LogP contribution is -2.40. The quantitative estimate of drug-likeness (QED) is 0.526. The number of hydroxylamine groups is 2. The Bertz CT molecular complexity index is 158. The number of aliphatic hydroxyl groups excluding tert-OH is 1. The second kappa shape index (κ2) is 5.90. The molecule has 5 nitrogen and oxygen atoms in total. The zero-order valence-corrected chi connectivity index (χ0v) is 7.97. The molecular formula is C8H17NO4. The van der Waals surface area contributed by atoms with Gasteiger partial charge in [-0.3, -0.25) is 0 Å². The van der Waals surface area contributed by atoms with Crippen LogP contribution in [0.4, 0.5) is 0 Å². The fourth-order valence-electron chi connectivity index (χ4n) is 1.11. The largest absolute Gasteiger partial charge is 0.479 e. The third-order valence-corrected chi connectivity index (χ3v) is 2.01. The van der Waals surface area contributed by atoms with E-state index in [-0.39, 0.29) is 12.6 Å². The molecule has 0 aliphatic heterocycles. The van der Waals surface area contributed by atoms with Gasteiger partial charge in [0.05, 0.1) is 6.54 Å². The van der Waals surface area contributed by atoms with Gasteiger partial charge in [-0.2, -0.15) is 5.06 Å². The molecule has 0 aliphatic carbocycles. The Labute approximate surface area is 77.6 Å². The highest BCUT2D eigenvalue weighted by Gasteiger charge is 2.20. The molecule has 0 saturated carbocycles. The van der Waals surface area contributed by atoms with Crippen molar-refractivity contribution < 1.29 is 20.2 Å². The van der Waals surface area contributed by atoms with Crippen molar-refractivity contribution in [3.8, 4) is 0 Å². The van der Waals surface area contributed by atoms with Crippen molar-refractivity contribution in [3.63, 3.8) is 0 Å². The Kier molecular flexibility index (Phi) is 5.61. The van der Waals surface area contributed by atoms with E-state index in [0.717, 1.165) is 17.9 Å². The molecule has 0 aromatic carbocycles. The molecule has 0 unspecified atom stereocenters. The highest BCUT2D eigenvalue weighted by molar-refractivity contribution is 5.72. The first-order chi connectivity index (χ1) is 6.02. The number of aliphatic carboxylic acids is 1. The third kappa shape index (κ3) is 4.21. The van der Waals surface area contributed by atoms with Gasteiger partial charge in [-0.1, -0.05) is 13.8 Å². The van der Waals surface area contributed by atoms with Gasteiger partial charge < -0.3 is 15.4 Å². The van der Waals surface area contributed by atoms with Crippen molar-refractivity contribution in [3.05, 3.63) is 0 Å². The van der Waals surface area contributed by atoms with Crippen LogP contribution in [-0.2, 0) is 4.79 Å². The summed E-state index contributed by atoms with van der Waals surface area (Å²) in [5.74, 6) is -1.31. The normalized spacial score (nSPS) is 13.7. The maximum atomic E-state index is 10.2. The molecular weight excluding hydrogens is 174 g/mol. The summed E-state index contributed by atoms with van der Waals surface area (Å²) in [6.45, 7) is 3.54. The van der Waals surface area contributed by atoms with E-state index in [4.69, 9.17) is 10.2 Å². The zero-order chi connectivity index (χ0) is 10.4. The van der Waals surface area contributed by atoms with Crippen molar-refractivity contribution in [2.75, 3.05) is 6.54 Å². The second-order valence-electron chi connectivity index (χ2n) is 2.95. The lowest BCUT2D eigenvalue weighted by atomic mass is 10.1. The van der Waals surface area contributed by atoms with E-state index in [2.05, 4.69) is 0 Å². The molecule has 0 aromatic rings. The van der Waals surface area contributed by atoms with Crippen LogP contribution in [0.1, 0.15) is 26.7 Å². The van der Waals surface area contributed by atoms with Crippen molar-refractivity contribution in [2.45, 2.75) is 38.8 Å². The molecule has 5 heteroatoms. The van der Waals surface area contributed by atoms with Crippen molar-refractivity contribution in [1.29, 1.82) is 0 Å². The maximum absolute atomic E-state index is 10.2. The van der Waals surface area contributed by atoms with Crippen molar-refractivity contribution in [2.24, 2.45) is 0 Å². The van der Waals surface area contributed by atoms with Crippen LogP contribution in [-0.4, -0.2) is 45.1 Å². The molecule has 1 atom stereocenters. The fraction of sp³-hybridized carbons (Fsp3) is 0.875. The predicted octanol–water partition coefficient (Wildman–Crippen LogP) is 0.312.